The Labute approximate surface area is 217 Å². The second-order valence-electron chi connectivity index (χ2n) is 8.45. The number of benzene rings is 3. The molecule has 1 aromatic heterocycles. The van der Waals surface area contributed by atoms with E-state index in [2.05, 4.69) is 21.0 Å². The number of rotatable bonds is 7. The lowest BCUT2D eigenvalue weighted by atomic mass is 10.1. The molecule has 0 spiro atoms. The molecule has 0 saturated carbocycles. The third kappa shape index (κ3) is 5.57. The number of nitrogens with zero attached hydrogens (tertiary/aromatic N) is 3. The van der Waals surface area contributed by atoms with Crippen molar-refractivity contribution in [3.05, 3.63) is 97.0 Å². The van der Waals surface area contributed by atoms with Gasteiger partial charge in [0.15, 0.2) is 11.5 Å². The van der Waals surface area contributed by atoms with Gasteiger partial charge in [-0.25, -0.2) is 4.98 Å². The largest absolute Gasteiger partial charge is 0.493 e. The maximum absolute atomic E-state index is 13.3. The molecule has 4 aromatic rings. The molecule has 0 amide bonds. The van der Waals surface area contributed by atoms with Crippen LogP contribution in [0.15, 0.2) is 69.0 Å². The van der Waals surface area contributed by atoms with Gasteiger partial charge in [0.05, 0.1) is 24.2 Å². The maximum atomic E-state index is 13.3. The standard InChI is InChI=1S/C27H25BrClN3O3/c1-16(2)26-31-23-10-9-20(28)12-22(23)27(33)32(26)30-14-19-11-21(29)13-24(34-4)25(19)35-15-18-7-5-17(3)6-8-18/h5-14,16H,15H2,1-4H3. The van der Waals surface area contributed by atoms with Crippen LogP contribution in [0.5, 0.6) is 11.5 Å². The van der Waals surface area contributed by atoms with Gasteiger partial charge in [-0.15, -0.1) is 0 Å². The topological polar surface area (TPSA) is 65.7 Å². The van der Waals surface area contributed by atoms with Crippen molar-refractivity contribution in [3.63, 3.8) is 0 Å². The van der Waals surface area contributed by atoms with Crippen molar-refractivity contribution < 1.29 is 9.47 Å². The van der Waals surface area contributed by atoms with E-state index in [0.29, 0.717) is 45.4 Å². The molecule has 0 radical (unpaired) electrons. The number of hydrogen-bond acceptors (Lipinski definition) is 5. The first-order valence-corrected chi connectivity index (χ1v) is 12.3. The molecule has 6 nitrogen and oxygen atoms in total. The summed E-state index contributed by atoms with van der Waals surface area (Å²) in [4.78, 5) is 18.0. The SMILES string of the molecule is COc1cc(Cl)cc(C=Nn2c(C(C)C)nc3ccc(Br)cc3c2=O)c1OCc1ccc(C)cc1. The van der Waals surface area contributed by atoms with Crippen LogP contribution in [0.1, 0.15) is 42.3 Å². The van der Waals surface area contributed by atoms with Gasteiger partial charge < -0.3 is 9.47 Å². The normalized spacial score (nSPS) is 11.5. The van der Waals surface area contributed by atoms with Gasteiger partial charge in [0.25, 0.3) is 5.56 Å². The Hall–Kier alpha value is -3.16. The third-order valence-corrected chi connectivity index (χ3v) is 6.15. The average molecular weight is 555 g/mol. The van der Waals surface area contributed by atoms with E-state index < -0.39 is 0 Å². The summed E-state index contributed by atoms with van der Waals surface area (Å²) < 4.78 is 13.8. The number of aryl methyl sites for hydroxylation is 1. The summed E-state index contributed by atoms with van der Waals surface area (Å²) in [5.41, 5.74) is 3.14. The predicted octanol–water partition coefficient (Wildman–Crippen LogP) is 6.71. The minimum Gasteiger partial charge on any atom is -0.493 e. The Morgan fingerprint density at radius 3 is 2.57 bits per heavy atom. The highest BCUT2D eigenvalue weighted by atomic mass is 79.9. The molecule has 0 saturated heterocycles. The number of methoxy groups -OCH3 is 1. The van der Waals surface area contributed by atoms with Gasteiger partial charge in [-0.1, -0.05) is 71.2 Å². The van der Waals surface area contributed by atoms with Crippen molar-refractivity contribution in [3.8, 4) is 11.5 Å². The van der Waals surface area contributed by atoms with Crippen molar-refractivity contribution in [1.82, 2.24) is 9.66 Å². The zero-order chi connectivity index (χ0) is 25.1. The van der Waals surface area contributed by atoms with E-state index >= 15 is 0 Å². The third-order valence-electron chi connectivity index (χ3n) is 5.43. The molecule has 0 unspecified atom stereocenters. The van der Waals surface area contributed by atoms with Crippen molar-refractivity contribution in [2.75, 3.05) is 7.11 Å². The van der Waals surface area contributed by atoms with Crippen LogP contribution in [0.4, 0.5) is 0 Å². The quantitative estimate of drug-likeness (QED) is 0.238. The Kier molecular flexibility index (Phi) is 7.57. The van der Waals surface area contributed by atoms with E-state index in [9.17, 15) is 4.79 Å². The highest BCUT2D eigenvalue weighted by Gasteiger charge is 2.16. The molecule has 0 atom stereocenters. The first-order chi connectivity index (χ1) is 16.8. The molecular weight excluding hydrogens is 530 g/mol. The van der Waals surface area contributed by atoms with Gasteiger partial charge in [-0.05, 0) is 36.8 Å². The molecule has 0 N–H and O–H groups in total. The molecule has 180 valence electrons. The molecule has 0 bridgehead atoms. The number of ether oxygens (including phenoxy) is 2. The molecule has 3 aromatic carbocycles. The minimum atomic E-state index is -0.257. The summed E-state index contributed by atoms with van der Waals surface area (Å²) in [6.45, 7) is 6.31. The van der Waals surface area contributed by atoms with E-state index in [4.69, 9.17) is 26.1 Å². The zero-order valence-electron chi connectivity index (χ0n) is 19.9. The second kappa shape index (κ2) is 10.6. The summed E-state index contributed by atoms with van der Waals surface area (Å²) in [5, 5.41) is 5.46. The van der Waals surface area contributed by atoms with Gasteiger partial charge >= 0.3 is 0 Å². The van der Waals surface area contributed by atoms with Crippen LogP contribution in [0.2, 0.25) is 5.02 Å². The van der Waals surface area contributed by atoms with Gasteiger partial charge in [-0.2, -0.15) is 9.78 Å². The van der Waals surface area contributed by atoms with Crippen LogP contribution in [0.25, 0.3) is 10.9 Å². The van der Waals surface area contributed by atoms with E-state index in [-0.39, 0.29) is 11.5 Å². The monoisotopic (exact) mass is 553 g/mol. The van der Waals surface area contributed by atoms with Gasteiger partial charge in [0.1, 0.15) is 12.4 Å². The first-order valence-electron chi connectivity index (χ1n) is 11.1. The molecule has 0 fully saturated rings. The molecule has 4 rings (SSSR count). The molecule has 1 heterocycles. The van der Waals surface area contributed by atoms with Crippen molar-refractivity contribution in [2.45, 2.75) is 33.3 Å². The van der Waals surface area contributed by atoms with Crippen LogP contribution in [0.3, 0.4) is 0 Å². The lowest BCUT2D eigenvalue weighted by Crippen LogP contribution is -2.23. The van der Waals surface area contributed by atoms with E-state index in [1.807, 2.05) is 57.2 Å². The van der Waals surface area contributed by atoms with Crippen molar-refractivity contribution in [2.24, 2.45) is 5.10 Å². The number of halogens is 2. The van der Waals surface area contributed by atoms with Crippen LogP contribution < -0.4 is 15.0 Å². The summed E-state index contributed by atoms with van der Waals surface area (Å²) in [7, 11) is 1.55. The van der Waals surface area contributed by atoms with E-state index in [0.717, 1.165) is 10.0 Å². The fraction of sp³-hybridized carbons (Fsp3) is 0.222. The van der Waals surface area contributed by atoms with Gasteiger partial charge in [0, 0.05) is 27.0 Å². The highest BCUT2D eigenvalue weighted by molar-refractivity contribution is 9.10. The predicted molar refractivity (Wildman–Crippen MR) is 144 cm³/mol. The number of hydrogen-bond donors (Lipinski definition) is 0. The van der Waals surface area contributed by atoms with E-state index in [1.54, 1.807) is 31.5 Å². The molecule has 0 aliphatic heterocycles. The van der Waals surface area contributed by atoms with Crippen LogP contribution >= 0.6 is 27.5 Å². The van der Waals surface area contributed by atoms with Crippen molar-refractivity contribution >= 4 is 44.6 Å². The maximum Gasteiger partial charge on any atom is 0.282 e. The number of fused-ring (bicyclic) bond motifs is 1. The second-order valence-corrected chi connectivity index (χ2v) is 9.80. The molecular formula is C27H25BrClN3O3. The van der Waals surface area contributed by atoms with Gasteiger partial charge in [-0.3, -0.25) is 4.79 Å². The Bertz CT molecular complexity index is 1460. The van der Waals surface area contributed by atoms with Crippen LogP contribution in [-0.4, -0.2) is 23.0 Å². The average Bonchev–Trinajstić information content (AvgIpc) is 2.83. The smallest absolute Gasteiger partial charge is 0.282 e. The first kappa shape index (κ1) is 24.9. The molecule has 0 aliphatic carbocycles. The fourth-order valence-corrected chi connectivity index (χ4v) is 4.18. The summed E-state index contributed by atoms with van der Waals surface area (Å²) in [5.74, 6) is 1.48. The summed E-state index contributed by atoms with van der Waals surface area (Å²) in [6, 6.07) is 16.9. The van der Waals surface area contributed by atoms with Crippen molar-refractivity contribution in [1.29, 1.82) is 0 Å². The fourth-order valence-electron chi connectivity index (χ4n) is 3.60. The molecule has 8 heteroatoms. The summed E-state index contributed by atoms with van der Waals surface area (Å²) in [6.07, 6.45) is 1.55. The number of aromatic nitrogens is 2. The minimum absolute atomic E-state index is 0.0287. The molecule has 0 aliphatic rings. The van der Waals surface area contributed by atoms with Crippen LogP contribution in [0, 0.1) is 6.92 Å². The lowest BCUT2D eigenvalue weighted by Gasteiger charge is -2.15. The zero-order valence-corrected chi connectivity index (χ0v) is 22.2. The highest BCUT2D eigenvalue weighted by Crippen LogP contribution is 2.34. The molecule has 35 heavy (non-hydrogen) atoms. The Morgan fingerprint density at radius 2 is 1.89 bits per heavy atom. The Balaban J connectivity index is 1.78. The summed E-state index contributed by atoms with van der Waals surface area (Å²) >= 11 is 9.77. The lowest BCUT2D eigenvalue weighted by molar-refractivity contribution is 0.284. The van der Waals surface area contributed by atoms with Gasteiger partial charge in [0.2, 0.25) is 0 Å². The van der Waals surface area contributed by atoms with Crippen LogP contribution in [-0.2, 0) is 6.61 Å². The Morgan fingerprint density at radius 1 is 1.14 bits per heavy atom. The van der Waals surface area contributed by atoms with E-state index in [1.165, 1.54) is 10.2 Å².